The number of nitro groups is 1. The maximum atomic E-state index is 13.0. The highest BCUT2D eigenvalue weighted by atomic mass is 35.5. The first-order valence-corrected chi connectivity index (χ1v) is 11.9. The van der Waals surface area contributed by atoms with E-state index < -0.39 is 10.8 Å². The summed E-state index contributed by atoms with van der Waals surface area (Å²) in [5.41, 5.74) is 1.81. The summed E-state index contributed by atoms with van der Waals surface area (Å²) in [5.74, 6) is 0.194. The van der Waals surface area contributed by atoms with Gasteiger partial charge in [-0.15, -0.1) is 0 Å². The molecule has 4 rings (SSSR count). The van der Waals surface area contributed by atoms with E-state index in [0.717, 1.165) is 5.56 Å². The van der Waals surface area contributed by atoms with Crippen LogP contribution in [0.3, 0.4) is 0 Å². The van der Waals surface area contributed by atoms with Crippen LogP contribution in [0.5, 0.6) is 11.5 Å². The summed E-state index contributed by atoms with van der Waals surface area (Å²) in [5, 5.41) is 28.9. The molecule has 0 atom stereocenters. The zero-order valence-electron chi connectivity index (χ0n) is 20.9. The third-order valence-corrected chi connectivity index (χ3v) is 6.12. The normalized spacial score (nSPS) is 11.0. The fourth-order valence-electron chi connectivity index (χ4n) is 3.86. The minimum absolute atomic E-state index is 0.0248. The Bertz CT molecular complexity index is 1620. The highest BCUT2D eigenvalue weighted by Gasteiger charge is 2.20. The van der Waals surface area contributed by atoms with Crippen molar-refractivity contribution in [1.82, 2.24) is 9.78 Å². The van der Waals surface area contributed by atoms with E-state index in [9.17, 15) is 20.2 Å². The second kappa shape index (κ2) is 11.9. The van der Waals surface area contributed by atoms with Crippen LogP contribution >= 0.6 is 11.6 Å². The van der Waals surface area contributed by atoms with Crippen molar-refractivity contribution >= 4 is 35.0 Å². The zero-order valence-corrected chi connectivity index (χ0v) is 21.7. The number of nitrogens with one attached hydrogen (secondary N) is 1. The standard InChI is InChI=1S/C28H22ClN5O5/c1-38-25-12-11-18(14-26(25)39-2)27-21(17-33(32-27)16-19-7-3-4-8-22(19)29)13-20(15-30)28(35)31-23-9-5-6-10-24(23)34(36)37/h3-14,17H,16H2,1-2H3,(H,31,35)/b20-13+. The van der Waals surface area contributed by atoms with E-state index in [-0.39, 0.29) is 16.9 Å². The Kier molecular flexibility index (Phi) is 8.24. The van der Waals surface area contributed by atoms with Crippen LogP contribution in [0.15, 0.2) is 78.5 Å². The average molecular weight is 544 g/mol. The number of carbonyl (C=O) groups excluding carboxylic acids is 1. The van der Waals surface area contributed by atoms with Crippen molar-refractivity contribution < 1.29 is 19.2 Å². The second-order valence-electron chi connectivity index (χ2n) is 8.19. The number of benzene rings is 3. The number of hydrogen-bond donors (Lipinski definition) is 1. The second-order valence-corrected chi connectivity index (χ2v) is 8.60. The molecule has 0 radical (unpaired) electrons. The van der Waals surface area contributed by atoms with Gasteiger partial charge in [-0.3, -0.25) is 19.6 Å². The molecule has 0 aliphatic carbocycles. The Morgan fingerprint density at radius 1 is 1.13 bits per heavy atom. The Labute approximate surface area is 228 Å². The minimum Gasteiger partial charge on any atom is -0.493 e. The molecule has 0 aliphatic rings. The lowest BCUT2D eigenvalue weighted by atomic mass is 10.0. The molecule has 0 unspecified atom stereocenters. The van der Waals surface area contributed by atoms with Gasteiger partial charge in [0.15, 0.2) is 11.5 Å². The van der Waals surface area contributed by atoms with Crippen molar-refractivity contribution in [3.63, 3.8) is 0 Å². The molecule has 4 aromatic rings. The summed E-state index contributed by atoms with van der Waals surface area (Å²) in [6, 6.07) is 20.1. The molecule has 196 valence electrons. The number of nitriles is 1. The summed E-state index contributed by atoms with van der Waals surface area (Å²) in [7, 11) is 3.04. The van der Waals surface area contributed by atoms with Crippen molar-refractivity contribution in [2.75, 3.05) is 19.5 Å². The van der Waals surface area contributed by atoms with Gasteiger partial charge in [-0.1, -0.05) is 41.9 Å². The van der Waals surface area contributed by atoms with Gasteiger partial charge in [0, 0.05) is 28.4 Å². The number of nitro benzene ring substituents is 1. The Morgan fingerprint density at radius 2 is 1.85 bits per heavy atom. The first kappa shape index (κ1) is 26.9. The van der Waals surface area contributed by atoms with Crippen LogP contribution in [0.25, 0.3) is 17.3 Å². The Hall–Kier alpha value is -5.14. The largest absolute Gasteiger partial charge is 0.493 e. The summed E-state index contributed by atoms with van der Waals surface area (Å²) in [4.78, 5) is 23.7. The van der Waals surface area contributed by atoms with E-state index in [1.165, 1.54) is 38.5 Å². The Morgan fingerprint density at radius 3 is 2.54 bits per heavy atom. The number of amides is 1. The van der Waals surface area contributed by atoms with Gasteiger partial charge in [-0.2, -0.15) is 10.4 Å². The maximum Gasteiger partial charge on any atom is 0.292 e. The lowest BCUT2D eigenvalue weighted by Gasteiger charge is -2.09. The quantitative estimate of drug-likeness (QED) is 0.123. The molecule has 0 saturated carbocycles. The van der Waals surface area contributed by atoms with E-state index >= 15 is 0 Å². The van der Waals surface area contributed by atoms with Crippen LogP contribution in [0.2, 0.25) is 5.02 Å². The van der Waals surface area contributed by atoms with Crippen LogP contribution in [0.1, 0.15) is 11.1 Å². The number of halogens is 1. The maximum absolute atomic E-state index is 13.0. The van der Waals surface area contributed by atoms with Gasteiger partial charge in [-0.05, 0) is 42.0 Å². The van der Waals surface area contributed by atoms with Crippen LogP contribution < -0.4 is 14.8 Å². The van der Waals surface area contributed by atoms with E-state index in [0.29, 0.717) is 39.9 Å². The molecule has 1 heterocycles. The fourth-order valence-corrected chi connectivity index (χ4v) is 4.06. The van der Waals surface area contributed by atoms with Crippen molar-refractivity contribution in [2.24, 2.45) is 0 Å². The highest BCUT2D eigenvalue weighted by molar-refractivity contribution is 6.31. The first-order valence-electron chi connectivity index (χ1n) is 11.5. The number of aromatic nitrogens is 2. The van der Waals surface area contributed by atoms with Crippen LogP contribution in [-0.4, -0.2) is 34.8 Å². The molecule has 1 N–H and O–H groups in total. The molecule has 0 fully saturated rings. The summed E-state index contributed by atoms with van der Waals surface area (Å²) in [6.07, 6.45) is 3.07. The molecule has 0 aliphatic heterocycles. The van der Waals surface area contributed by atoms with E-state index in [2.05, 4.69) is 5.32 Å². The van der Waals surface area contributed by atoms with Gasteiger partial charge >= 0.3 is 0 Å². The van der Waals surface area contributed by atoms with Gasteiger partial charge in [0.2, 0.25) is 0 Å². The number of nitrogens with zero attached hydrogens (tertiary/aromatic N) is 4. The van der Waals surface area contributed by atoms with Crippen LogP contribution in [-0.2, 0) is 11.3 Å². The van der Waals surface area contributed by atoms with Gasteiger partial charge in [0.1, 0.15) is 17.3 Å². The molecule has 1 aromatic heterocycles. The summed E-state index contributed by atoms with van der Waals surface area (Å²) < 4.78 is 12.4. The molecule has 11 heteroatoms. The zero-order chi connectivity index (χ0) is 27.9. The number of rotatable bonds is 9. The number of anilines is 1. The molecule has 10 nitrogen and oxygen atoms in total. The predicted molar refractivity (Wildman–Crippen MR) is 147 cm³/mol. The van der Waals surface area contributed by atoms with Crippen LogP contribution in [0.4, 0.5) is 11.4 Å². The molecule has 0 saturated heterocycles. The molecular formula is C28H22ClN5O5. The summed E-state index contributed by atoms with van der Waals surface area (Å²) >= 11 is 6.34. The van der Waals surface area contributed by atoms with Crippen molar-refractivity contribution in [2.45, 2.75) is 6.54 Å². The molecule has 3 aromatic carbocycles. The minimum atomic E-state index is -0.802. The number of carbonyl (C=O) groups is 1. The van der Waals surface area contributed by atoms with Crippen molar-refractivity contribution in [3.05, 3.63) is 105 Å². The Balaban J connectivity index is 1.77. The average Bonchev–Trinajstić information content (AvgIpc) is 3.34. The van der Waals surface area contributed by atoms with E-state index in [1.807, 2.05) is 24.3 Å². The van der Waals surface area contributed by atoms with Crippen molar-refractivity contribution in [3.8, 4) is 28.8 Å². The SMILES string of the molecule is COc1ccc(-c2nn(Cc3ccccc3Cl)cc2/C=C(\C#N)C(=O)Nc2ccccc2[N+](=O)[O-])cc1OC. The third-order valence-electron chi connectivity index (χ3n) is 5.75. The first-order chi connectivity index (χ1) is 18.8. The highest BCUT2D eigenvalue weighted by Crippen LogP contribution is 2.34. The van der Waals surface area contributed by atoms with E-state index in [1.54, 1.807) is 41.2 Å². The lowest BCUT2D eigenvalue weighted by Crippen LogP contribution is -2.14. The number of methoxy groups -OCH3 is 2. The van der Waals surface area contributed by atoms with E-state index in [4.69, 9.17) is 26.2 Å². The third kappa shape index (κ3) is 6.06. The van der Waals surface area contributed by atoms with Crippen LogP contribution in [0, 0.1) is 21.4 Å². The molecule has 0 bridgehead atoms. The van der Waals surface area contributed by atoms with Crippen molar-refractivity contribution in [1.29, 1.82) is 5.26 Å². The smallest absolute Gasteiger partial charge is 0.292 e. The van der Waals surface area contributed by atoms with Gasteiger partial charge < -0.3 is 14.8 Å². The monoisotopic (exact) mass is 543 g/mol. The topological polar surface area (TPSA) is 132 Å². The van der Waals surface area contributed by atoms with Gasteiger partial charge in [0.05, 0.1) is 31.4 Å². The molecule has 1 amide bonds. The molecule has 39 heavy (non-hydrogen) atoms. The lowest BCUT2D eigenvalue weighted by molar-refractivity contribution is -0.383. The number of hydrogen-bond acceptors (Lipinski definition) is 7. The number of ether oxygens (including phenoxy) is 2. The predicted octanol–water partition coefficient (Wildman–Crippen LogP) is 5.72. The molecular weight excluding hydrogens is 522 g/mol. The number of para-hydroxylation sites is 2. The van der Waals surface area contributed by atoms with Gasteiger partial charge in [0.25, 0.3) is 11.6 Å². The fraction of sp³-hybridized carbons (Fsp3) is 0.107. The summed E-state index contributed by atoms with van der Waals surface area (Å²) in [6.45, 7) is 0.331. The van der Waals surface area contributed by atoms with Gasteiger partial charge in [-0.25, -0.2) is 0 Å². The molecule has 0 spiro atoms.